The van der Waals surface area contributed by atoms with Gasteiger partial charge in [0.15, 0.2) is 0 Å². The Morgan fingerprint density at radius 1 is 1.10 bits per heavy atom. The third-order valence-electron chi connectivity index (χ3n) is 2.58. The van der Waals surface area contributed by atoms with Gasteiger partial charge in [0.1, 0.15) is 6.54 Å². The predicted octanol–water partition coefficient (Wildman–Crippen LogP) is 0.995. The van der Waals surface area contributed by atoms with Crippen LogP contribution in [0.2, 0.25) is 0 Å². The Morgan fingerprint density at radius 3 is 2.00 bits per heavy atom. The fourth-order valence-corrected chi connectivity index (χ4v) is 1.48. The molecule has 0 N–H and O–H groups in total. The molecule has 0 radical (unpaired) electrons. The first-order valence-electron chi connectivity index (χ1n) is 6.15. The van der Waals surface area contributed by atoms with Crippen LogP contribution in [-0.2, 0) is 28.8 Å². The second-order valence-corrected chi connectivity index (χ2v) is 5.43. The summed E-state index contributed by atoms with van der Waals surface area (Å²) in [7, 11) is 2.67. The monoisotopic (exact) mass is 287 g/mol. The molecule has 0 fully saturated rings. The van der Waals surface area contributed by atoms with Crippen molar-refractivity contribution < 1.29 is 28.8 Å². The van der Waals surface area contributed by atoms with Gasteiger partial charge < -0.3 is 9.47 Å². The fourth-order valence-electron chi connectivity index (χ4n) is 1.48. The minimum Gasteiger partial charge on any atom is -0.328 e. The van der Waals surface area contributed by atoms with E-state index in [0.29, 0.717) is 5.57 Å². The summed E-state index contributed by atoms with van der Waals surface area (Å²) < 4.78 is 10.3. The third kappa shape index (κ3) is 3.86. The van der Waals surface area contributed by atoms with Gasteiger partial charge in [-0.3, -0.25) is 14.5 Å². The lowest BCUT2D eigenvalue weighted by Gasteiger charge is -2.33. The molecule has 0 bridgehead atoms. The molecule has 0 aromatic carbocycles. The normalized spacial score (nSPS) is 16.9. The summed E-state index contributed by atoms with van der Waals surface area (Å²) in [6, 6.07) is 0. The maximum absolute atomic E-state index is 11.9. The summed E-state index contributed by atoms with van der Waals surface area (Å²) in [6.45, 7) is 6.67. The van der Waals surface area contributed by atoms with Crippen LogP contribution < -0.4 is 0 Å². The quantitative estimate of drug-likeness (QED) is 0.314. The van der Waals surface area contributed by atoms with Crippen LogP contribution in [0.15, 0.2) is 11.6 Å². The number of hydrogen-bond acceptors (Lipinski definition) is 6. The van der Waals surface area contributed by atoms with E-state index in [1.165, 1.54) is 20.3 Å². The van der Waals surface area contributed by atoms with Crippen molar-refractivity contribution in [3.8, 4) is 0 Å². The summed E-state index contributed by atoms with van der Waals surface area (Å²) in [5, 5.41) is 0. The summed E-state index contributed by atoms with van der Waals surface area (Å²) in [4.78, 5) is 34.9. The molecule has 0 aromatic heterocycles. The van der Waals surface area contributed by atoms with Crippen LogP contribution in [0.1, 0.15) is 27.7 Å². The number of imide groups is 1. The van der Waals surface area contributed by atoms with Crippen LogP contribution in [0.25, 0.3) is 0 Å². The van der Waals surface area contributed by atoms with E-state index in [1.807, 2.05) is 0 Å². The number of amides is 2. The van der Waals surface area contributed by atoms with E-state index in [2.05, 4.69) is 0 Å². The summed E-state index contributed by atoms with van der Waals surface area (Å²) >= 11 is 0. The molecule has 0 saturated heterocycles. The van der Waals surface area contributed by atoms with Gasteiger partial charge >= 0.3 is 5.97 Å². The van der Waals surface area contributed by atoms with Gasteiger partial charge in [-0.1, -0.05) is 0 Å². The number of hydrogen-bond donors (Lipinski definition) is 0. The largest absolute Gasteiger partial charge is 0.330 e. The number of carbonyl (C=O) groups excluding carboxylic acids is 2. The molecule has 0 unspecified atom stereocenters. The Balaban J connectivity index is 2.82. The Labute approximate surface area is 118 Å². The van der Waals surface area contributed by atoms with Gasteiger partial charge in [0, 0.05) is 25.9 Å². The number of nitrogens with zero attached hydrogens (tertiary/aromatic N) is 1. The zero-order valence-electron chi connectivity index (χ0n) is 12.7. The van der Waals surface area contributed by atoms with Gasteiger partial charge in [-0.15, -0.1) is 0 Å². The van der Waals surface area contributed by atoms with Gasteiger partial charge in [-0.2, -0.15) is 4.89 Å². The first-order chi connectivity index (χ1) is 9.14. The molecule has 1 rings (SSSR count). The van der Waals surface area contributed by atoms with Crippen molar-refractivity contribution in [2.24, 2.45) is 0 Å². The minimum absolute atomic E-state index is 0.235. The molecule has 7 heteroatoms. The van der Waals surface area contributed by atoms with Crippen molar-refractivity contribution in [3.63, 3.8) is 0 Å². The Bertz CT molecular complexity index is 419. The molecule has 0 atom stereocenters. The maximum Gasteiger partial charge on any atom is 0.330 e. The highest BCUT2D eigenvalue weighted by molar-refractivity contribution is 6.15. The van der Waals surface area contributed by atoms with E-state index in [4.69, 9.17) is 19.2 Å². The lowest BCUT2D eigenvalue weighted by atomic mass is 10.2. The van der Waals surface area contributed by atoms with E-state index >= 15 is 0 Å². The standard InChI is InChI=1S/C13H21NO6/c1-9-7-10(15)14(11(9)16)8-13(17-5,18-6)20-19-12(2,3)4/h7H,8H2,1-6H3. The molecule has 1 aliphatic heterocycles. The second-order valence-electron chi connectivity index (χ2n) is 5.43. The molecule has 1 heterocycles. The fraction of sp³-hybridized carbons (Fsp3) is 0.692. The minimum atomic E-state index is -1.67. The van der Waals surface area contributed by atoms with Gasteiger partial charge in [-0.25, -0.2) is 4.89 Å². The summed E-state index contributed by atoms with van der Waals surface area (Å²) in [5.41, 5.74) is -0.247. The smallest absolute Gasteiger partial charge is 0.328 e. The SMILES string of the molecule is COC(CN1C(=O)C=C(C)C1=O)(OC)OOC(C)(C)C. The van der Waals surface area contributed by atoms with E-state index in [-0.39, 0.29) is 6.54 Å². The highest BCUT2D eigenvalue weighted by Crippen LogP contribution is 2.23. The zero-order valence-corrected chi connectivity index (χ0v) is 12.7. The molecule has 0 aliphatic carbocycles. The Hall–Kier alpha value is -1.28. The van der Waals surface area contributed by atoms with Crippen LogP contribution in [0, 0.1) is 0 Å². The molecule has 1 aliphatic rings. The lowest BCUT2D eigenvalue weighted by molar-refractivity contribution is -0.518. The molecule has 0 aromatic rings. The molecule has 0 saturated carbocycles. The van der Waals surface area contributed by atoms with Gasteiger partial charge in [0.2, 0.25) is 0 Å². The molecular formula is C13H21NO6. The third-order valence-corrected chi connectivity index (χ3v) is 2.58. The zero-order chi connectivity index (χ0) is 15.6. The molecule has 0 spiro atoms. The molecule has 114 valence electrons. The lowest BCUT2D eigenvalue weighted by Crippen LogP contribution is -2.51. The van der Waals surface area contributed by atoms with Crippen molar-refractivity contribution in [1.82, 2.24) is 4.90 Å². The van der Waals surface area contributed by atoms with E-state index in [0.717, 1.165) is 4.90 Å². The number of methoxy groups -OCH3 is 2. The van der Waals surface area contributed by atoms with Gasteiger partial charge in [0.25, 0.3) is 11.8 Å². The first kappa shape index (κ1) is 16.8. The number of ether oxygens (including phenoxy) is 2. The number of carbonyl (C=O) groups is 2. The van der Waals surface area contributed by atoms with Gasteiger partial charge in [0.05, 0.1) is 5.60 Å². The average molecular weight is 287 g/mol. The van der Waals surface area contributed by atoms with Crippen LogP contribution >= 0.6 is 0 Å². The van der Waals surface area contributed by atoms with E-state index in [9.17, 15) is 9.59 Å². The van der Waals surface area contributed by atoms with Crippen molar-refractivity contribution >= 4 is 11.8 Å². The average Bonchev–Trinajstić information content (AvgIpc) is 2.59. The molecular weight excluding hydrogens is 266 g/mol. The first-order valence-corrected chi connectivity index (χ1v) is 6.15. The van der Waals surface area contributed by atoms with Crippen LogP contribution in [0.5, 0.6) is 0 Å². The highest BCUT2D eigenvalue weighted by atomic mass is 17.3. The van der Waals surface area contributed by atoms with Crippen LogP contribution in [-0.4, -0.2) is 49.1 Å². The summed E-state index contributed by atoms with van der Waals surface area (Å²) in [5.74, 6) is -2.52. The Kier molecular flexibility index (Phi) is 5.04. The predicted molar refractivity (Wildman–Crippen MR) is 69.1 cm³/mol. The van der Waals surface area contributed by atoms with Crippen molar-refractivity contribution in [2.75, 3.05) is 20.8 Å². The maximum atomic E-state index is 11.9. The topological polar surface area (TPSA) is 74.3 Å². The van der Waals surface area contributed by atoms with Crippen LogP contribution in [0.4, 0.5) is 0 Å². The van der Waals surface area contributed by atoms with Crippen LogP contribution in [0.3, 0.4) is 0 Å². The van der Waals surface area contributed by atoms with Crippen molar-refractivity contribution in [2.45, 2.75) is 39.3 Å². The second kappa shape index (κ2) is 6.01. The van der Waals surface area contributed by atoms with E-state index < -0.39 is 23.4 Å². The molecule has 7 nitrogen and oxygen atoms in total. The summed E-state index contributed by atoms with van der Waals surface area (Å²) in [6.07, 6.45) is 1.25. The Morgan fingerprint density at radius 2 is 1.65 bits per heavy atom. The highest BCUT2D eigenvalue weighted by Gasteiger charge is 2.42. The van der Waals surface area contributed by atoms with E-state index in [1.54, 1.807) is 27.7 Å². The molecule has 20 heavy (non-hydrogen) atoms. The molecule has 2 amide bonds. The van der Waals surface area contributed by atoms with Gasteiger partial charge in [-0.05, 0) is 27.7 Å². The number of rotatable bonds is 6. The van der Waals surface area contributed by atoms with Crippen molar-refractivity contribution in [3.05, 3.63) is 11.6 Å². The van der Waals surface area contributed by atoms with Crippen molar-refractivity contribution in [1.29, 1.82) is 0 Å².